The molecule has 0 heterocycles. The topological polar surface area (TPSA) is 18.5 Å². The zero-order valence-electron chi connectivity index (χ0n) is 11.0. The van der Waals surface area contributed by atoms with Crippen molar-refractivity contribution in [1.82, 2.24) is 0 Å². The Kier molecular flexibility index (Phi) is 3.93. The van der Waals surface area contributed by atoms with Crippen molar-refractivity contribution in [3.05, 3.63) is 23.8 Å². The molecule has 1 saturated carbocycles. The van der Waals surface area contributed by atoms with Gasteiger partial charge in [0.05, 0.1) is 13.7 Å². The molecule has 0 unspecified atom stereocenters. The summed E-state index contributed by atoms with van der Waals surface area (Å²) in [7, 11) is 1.70. The molecular formula is C15H22O2. The average Bonchev–Trinajstić information content (AvgIpc) is 2.27. The van der Waals surface area contributed by atoms with Gasteiger partial charge in [0.1, 0.15) is 0 Å². The van der Waals surface area contributed by atoms with Gasteiger partial charge in [-0.25, -0.2) is 0 Å². The van der Waals surface area contributed by atoms with Crippen LogP contribution in [-0.4, -0.2) is 13.7 Å². The fourth-order valence-electron chi connectivity index (χ4n) is 2.03. The molecule has 0 N–H and O–H groups in total. The summed E-state index contributed by atoms with van der Waals surface area (Å²) in [5.41, 5.74) is 1.29. The summed E-state index contributed by atoms with van der Waals surface area (Å²) in [5.74, 6) is 3.01. The standard InChI is InChI=1S/C15H22O2/c1-11(2)13-7-8-14(15(9-13)16-3)17-10-12-5-4-6-12/h7-9,11-12H,4-6,10H2,1-3H3. The molecule has 1 fully saturated rings. The van der Waals surface area contributed by atoms with Crippen molar-refractivity contribution in [3.8, 4) is 11.5 Å². The molecule has 94 valence electrons. The summed E-state index contributed by atoms with van der Waals surface area (Å²) in [4.78, 5) is 0. The van der Waals surface area contributed by atoms with Crippen LogP contribution in [-0.2, 0) is 0 Å². The Morgan fingerprint density at radius 2 is 2.00 bits per heavy atom. The molecule has 0 radical (unpaired) electrons. The van der Waals surface area contributed by atoms with Crippen molar-refractivity contribution in [2.75, 3.05) is 13.7 Å². The maximum absolute atomic E-state index is 5.84. The van der Waals surface area contributed by atoms with Crippen molar-refractivity contribution >= 4 is 0 Å². The minimum atomic E-state index is 0.518. The van der Waals surface area contributed by atoms with Crippen LogP contribution < -0.4 is 9.47 Å². The second-order valence-electron chi connectivity index (χ2n) is 5.17. The van der Waals surface area contributed by atoms with Gasteiger partial charge >= 0.3 is 0 Å². The van der Waals surface area contributed by atoms with Crippen molar-refractivity contribution in [2.24, 2.45) is 5.92 Å². The summed E-state index contributed by atoms with van der Waals surface area (Å²) in [6.45, 7) is 5.20. The number of methoxy groups -OCH3 is 1. The lowest BCUT2D eigenvalue weighted by atomic mass is 9.86. The summed E-state index contributed by atoms with van der Waals surface area (Å²) < 4.78 is 11.2. The van der Waals surface area contributed by atoms with Gasteiger partial charge in [-0.3, -0.25) is 0 Å². The van der Waals surface area contributed by atoms with Gasteiger partial charge in [0.2, 0.25) is 0 Å². The number of hydrogen-bond acceptors (Lipinski definition) is 2. The molecule has 1 aromatic carbocycles. The predicted octanol–water partition coefficient (Wildman–Crippen LogP) is 4.00. The van der Waals surface area contributed by atoms with E-state index in [2.05, 4.69) is 26.0 Å². The molecule has 0 spiro atoms. The molecule has 2 heteroatoms. The first kappa shape index (κ1) is 12.3. The maximum Gasteiger partial charge on any atom is 0.161 e. The largest absolute Gasteiger partial charge is 0.493 e. The minimum absolute atomic E-state index is 0.518. The van der Waals surface area contributed by atoms with E-state index in [0.717, 1.165) is 24.0 Å². The Morgan fingerprint density at radius 1 is 1.24 bits per heavy atom. The van der Waals surface area contributed by atoms with Gasteiger partial charge in [0.25, 0.3) is 0 Å². The Morgan fingerprint density at radius 3 is 2.53 bits per heavy atom. The van der Waals surface area contributed by atoms with Crippen molar-refractivity contribution < 1.29 is 9.47 Å². The SMILES string of the molecule is COc1cc(C(C)C)ccc1OCC1CCC1. The normalized spacial score (nSPS) is 15.8. The summed E-state index contributed by atoms with van der Waals surface area (Å²) >= 11 is 0. The fourth-order valence-corrected chi connectivity index (χ4v) is 2.03. The van der Waals surface area contributed by atoms with Crippen molar-refractivity contribution in [3.63, 3.8) is 0 Å². The van der Waals surface area contributed by atoms with E-state index in [1.54, 1.807) is 7.11 Å². The number of ether oxygens (including phenoxy) is 2. The molecule has 17 heavy (non-hydrogen) atoms. The molecule has 0 bridgehead atoms. The predicted molar refractivity (Wildman–Crippen MR) is 69.9 cm³/mol. The Labute approximate surface area is 104 Å². The van der Waals surface area contributed by atoms with Gasteiger partial charge in [-0.05, 0) is 42.4 Å². The Bertz CT molecular complexity index is 367. The molecular weight excluding hydrogens is 212 g/mol. The van der Waals surface area contributed by atoms with Crippen molar-refractivity contribution in [2.45, 2.75) is 39.0 Å². The van der Waals surface area contributed by atoms with Gasteiger partial charge in [-0.15, -0.1) is 0 Å². The molecule has 1 aromatic rings. The lowest BCUT2D eigenvalue weighted by molar-refractivity contribution is 0.176. The summed E-state index contributed by atoms with van der Waals surface area (Å²) in [6.07, 6.45) is 3.98. The van der Waals surface area contributed by atoms with E-state index in [4.69, 9.17) is 9.47 Å². The third kappa shape index (κ3) is 2.93. The van der Waals surface area contributed by atoms with Crippen LogP contribution in [0.25, 0.3) is 0 Å². The zero-order chi connectivity index (χ0) is 12.3. The summed E-state index contributed by atoms with van der Waals surface area (Å²) in [5, 5.41) is 0. The molecule has 1 aliphatic carbocycles. The van der Waals surface area contributed by atoms with Gasteiger partial charge in [-0.1, -0.05) is 26.3 Å². The molecule has 0 atom stereocenters. The van der Waals surface area contributed by atoms with Gasteiger partial charge in [0, 0.05) is 0 Å². The molecule has 0 saturated heterocycles. The van der Waals surface area contributed by atoms with Crippen LogP contribution in [0.4, 0.5) is 0 Å². The molecule has 2 nitrogen and oxygen atoms in total. The first-order valence-corrected chi connectivity index (χ1v) is 6.51. The second kappa shape index (κ2) is 5.44. The highest BCUT2D eigenvalue weighted by Gasteiger charge is 2.18. The minimum Gasteiger partial charge on any atom is -0.493 e. The van der Waals surface area contributed by atoms with Gasteiger partial charge in [-0.2, -0.15) is 0 Å². The highest BCUT2D eigenvalue weighted by molar-refractivity contribution is 5.43. The Balaban J connectivity index is 2.04. The number of hydrogen-bond donors (Lipinski definition) is 0. The number of rotatable bonds is 5. The Hall–Kier alpha value is -1.18. The van der Waals surface area contributed by atoms with E-state index in [1.165, 1.54) is 24.8 Å². The molecule has 0 aliphatic heterocycles. The third-order valence-corrected chi connectivity index (χ3v) is 3.55. The maximum atomic E-state index is 5.84. The van der Waals surface area contributed by atoms with Crippen LogP contribution in [0.15, 0.2) is 18.2 Å². The summed E-state index contributed by atoms with van der Waals surface area (Å²) in [6, 6.07) is 6.25. The molecule has 0 aromatic heterocycles. The van der Waals surface area contributed by atoms with Crippen LogP contribution >= 0.6 is 0 Å². The molecule has 1 aliphatic rings. The lowest BCUT2D eigenvalue weighted by Gasteiger charge is -2.25. The van der Waals surface area contributed by atoms with E-state index >= 15 is 0 Å². The van der Waals surface area contributed by atoms with Crippen molar-refractivity contribution in [1.29, 1.82) is 0 Å². The quantitative estimate of drug-likeness (QED) is 0.766. The lowest BCUT2D eigenvalue weighted by Crippen LogP contribution is -2.19. The van der Waals surface area contributed by atoms with E-state index in [1.807, 2.05) is 6.07 Å². The fraction of sp³-hybridized carbons (Fsp3) is 0.600. The van der Waals surface area contributed by atoms with Crippen LogP contribution in [0.5, 0.6) is 11.5 Å². The smallest absolute Gasteiger partial charge is 0.161 e. The number of benzene rings is 1. The van der Waals surface area contributed by atoms with E-state index in [0.29, 0.717) is 5.92 Å². The highest BCUT2D eigenvalue weighted by Crippen LogP contribution is 2.33. The average molecular weight is 234 g/mol. The van der Waals surface area contributed by atoms with E-state index < -0.39 is 0 Å². The van der Waals surface area contributed by atoms with Gasteiger partial charge < -0.3 is 9.47 Å². The van der Waals surface area contributed by atoms with Crippen LogP contribution in [0.1, 0.15) is 44.6 Å². The van der Waals surface area contributed by atoms with Crippen LogP contribution in [0.3, 0.4) is 0 Å². The second-order valence-corrected chi connectivity index (χ2v) is 5.17. The highest BCUT2D eigenvalue weighted by atomic mass is 16.5. The molecule has 0 amide bonds. The van der Waals surface area contributed by atoms with Crippen LogP contribution in [0.2, 0.25) is 0 Å². The molecule has 2 rings (SSSR count). The van der Waals surface area contributed by atoms with E-state index in [9.17, 15) is 0 Å². The first-order chi connectivity index (χ1) is 8.20. The van der Waals surface area contributed by atoms with E-state index in [-0.39, 0.29) is 0 Å². The monoisotopic (exact) mass is 234 g/mol. The zero-order valence-corrected chi connectivity index (χ0v) is 11.0. The van der Waals surface area contributed by atoms with Crippen LogP contribution in [0, 0.1) is 5.92 Å². The first-order valence-electron chi connectivity index (χ1n) is 6.51. The van der Waals surface area contributed by atoms with Gasteiger partial charge in [0.15, 0.2) is 11.5 Å². The third-order valence-electron chi connectivity index (χ3n) is 3.55.